The van der Waals surface area contributed by atoms with Crippen LogP contribution in [0.25, 0.3) is 0 Å². The van der Waals surface area contributed by atoms with E-state index in [1.165, 1.54) is 13.2 Å². The number of rotatable bonds is 1. The van der Waals surface area contributed by atoms with Crippen molar-refractivity contribution in [1.29, 1.82) is 0 Å². The number of ether oxygens (including phenoxy) is 1. The fourth-order valence-corrected chi connectivity index (χ4v) is 0.842. The molecule has 0 atom stereocenters. The first-order valence-corrected chi connectivity index (χ1v) is 6.70. The Kier molecular flexibility index (Phi) is 17.9. The maximum absolute atomic E-state index is 12.6. The van der Waals surface area contributed by atoms with Gasteiger partial charge < -0.3 is 4.74 Å². The number of Topliss-reactive ketones (excluding diaryl/α,β-unsaturated/α-hetero) is 1. The van der Waals surface area contributed by atoms with Gasteiger partial charge in [0.2, 0.25) is 5.78 Å². The SMILES string of the molecule is CC.CC.COC(=O)C(C)=O.Cc1ccc(C)c(F)c1. The Balaban J connectivity index is -0.000000236. The van der Waals surface area contributed by atoms with Crippen molar-refractivity contribution in [2.75, 3.05) is 7.11 Å². The molecule has 0 spiro atoms. The summed E-state index contributed by atoms with van der Waals surface area (Å²) < 4.78 is 16.6. The van der Waals surface area contributed by atoms with Crippen molar-refractivity contribution in [2.24, 2.45) is 0 Å². The van der Waals surface area contributed by atoms with Crippen LogP contribution in [-0.2, 0) is 14.3 Å². The molecular weight excluding hydrogens is 259 g/mol. The van der Waals surface area contributed by atoms with Crippen molar-refractivity contribution < 1.29 is 18.7 Å². The van der Waals surface area contributed by atoms with E-state index in [1.54, 1.807) is 13.0 Å². The van der Waals surface area contributed by atoms with Gasteiger partial charge in [-0.3, -0.25) is 4.79 Å². The third-order valence-electron chi connectivity index (χ3n) is 1.80. The minimum atomic E-state index is -0.792. The lowest BCUT2D eigenvalue weighted by atomic mass is 10.2. The Morgan fingerprint density at radius 3 is 1.70 bits per heavy atom. The molecule has 1 rings (SSSR count). The molecule has 0 aliphatic carbocycles. The maximum Gasteiger partial charge on any atom is 0.374 e. The lowest BCUT2D eigenvalue weighted by Gasteiger charge is -1.94. The van der Waals surface area contributed by atoms with Gasteiger partial charge in [0.25, 0.3) is 0 Å². The van der Waals surface area contributed by atoms with Crippen LogP contribution in [0.1, 0.15) is 45.7 Å². The lowest BCUT2D eigenvalue weighted by Crippen LogP contribution is -2.10. The van der Waals surface area contributed by atoms with Crippen molar-refractivity contribution in [3.05, 3.63) is 35.1 Å². The molecule has 4 heteroatoms. The number of aryl methyl sites for hydroxylation is 2. The first-order valence-electron chi connectivity index (χ1n) is 6.70. The van der Waals surface area contributed by atoms with E-state index in [9.17, 15) is 14.0 Å². The van der Waals surface area contributed by atoms with Gasteiger partial charge in [-0.25, -0.2) is 9.18 Å². The molecule has 0 fully saturated rings. The number of carbonyl (C=O) groups is 2. The lowest BCUT2D eigenvalue weighted by molar-refractivity contribution is -0.150. The summed E-state index contributed by atoms with van der Waals surface area (Å²) in [6.07, 6.45) is 0. The van der Waals surface area contributed by atoms with E-state index in [1.807, 2.05) is 40.7 Å². The summed E-state index contributed by atoms with van der Waals surface area (Å²) in [6, 6.07) is 5.22. The zero-order valence-corrected chi connectivity index (χ0v) is 13.8. The molecule has 0 N–H and O–H groups in total. The summed E-state index contributed by atoms with van der Waals surface area (Å²) in [5, 5.41) is 0. The van der Waals surface area contributed by atoms with E-state index < -0.39 is 11.8 Å². The summed E-state index contributed by atoms with van der Waals surface area (Å²) >= 11 is 0. The van der Waals surface area contributed by atoms with Gasteiger partial charge in [-0.05, 0) is 31.0 Å². The fourth-order valence-electron chi connectivity index (χ4n) is 0.842. The molecule has 20 heavy (non-hydrogen) atoms. The van der Waals surface area contributed by atoms with Crippen molar-refractivity contribution in [1.82, 2.24) is 0 Å². The number of hydrogen-bond donors (Lipinski definition) is 0. The number of esters is 1. The van der Waals surface area contributed by atoms with Crippen molar-refractivity contribution in [3.8, 4) is 0 Å². The number of carbonyl (C=O) groups excluding carboxylic acids is 2. The Labute approximate surface area is 122 Å². The van der Waals surface area contributed by atoms with E-state index in [2.05, 4.69) is 4.74 Å². The topological polar surface area (TPSA) is 43.4 Å². The van der Waals surface area contributed by atoms with Crippen LogP contribution in [0.2, 0.25) is 0 Å². The normalized spacial score (nSPS) is 7.65. The highest BCUT2D eigenvalue weighted by Crippen LogP contribution is 2.06. The van der Waals surface area contributed by atoms with Gasteiger partial charge in [-0.1, -0.05) is 39.8 Å². The number of halogens is 1. The van der Waals surface area contributed by atoms with Crippen LogP contribution < -0.4 is 0 Å². The number of benzene rings is 1. The Hall–Kier alpha value is -1.71. The van der Waals surface area contributed by atoms with Crippen LogP contribution in [0.5, 0.6) is 0 Å². The van der Waals surface area contributed by atoms with Crippen LogP contribution in [0, 0.1) is 19.7 Å². The molecule has 0 radical (unpaired) electrons. The molecule has 0 aliphatic heterocycles. The predicted molar refractivity (Wildman–Crippen MR) is 81.3 cm³/mol. The zero-order valence-electron chi connectivity index (χ0n) is 13.8. The second-order valence-corrected chi connectivity index (χ2v) is 3.30. The molecule has 0 saturated heterocycles. The molecule has 0 bridgehead atoms. The molecule has 1 aromatic rings. The van der Waals surface area contributed by atoms with Gasteiger partial charge in [0.1, 0.15) is 5.82 Å². The Morgan fingerprint density at radius 1 is 1.05 bits per heavy atom. The van der Waals surface area contributed by atoms with Gasteiger partial charge >= 0.3 is 5.97 Å². The standard InChI is InChI=1S/C8H9F.C4H6O3.2C2H6/c1-6-3-4-7(2)8(9)5-6;1-3(5)4(6)7-2;2*1-2/h3-5H,1-2H3;1-2H3;2*1-2H3. The highest BCUT2D eigenvalue weighted by Gasteiger charge is 2.03. The molecule has 116 valence electrons. The van der Waals surface area contributed by atoms with Gasteiger partial charge in [-0.2, -0.15) is 0 Å². The molecule has 0 aliphatic rings. The Bertz CT molecular complexity index is 387. The summed E-state index contributed by atoms with van der Waals surface area (Å²) in [5.41, 5.74) is 1.68. The highest BCUT2D eigenvalue weighted by atomic mass is 19.1. The van der Waals surface area contributed by atoms with E-state index in [0.29, 0.717) is 5.56 Å². The largest absolute Gasteiger partial charge is 0.463 e. The van der Waals surface area contributed by atoms with Crippen LogP contribution in [0.15, 0.2) is 18.2 Å². The zero-order chi connectivity index (χ0) is 16.7. The first-order chi connectivity index (χ1) is 9.38. The summed E-state index contributed by atoms with van der Waals surface area (Å²) in [4.78, 5) is 19.8. The third kappa shape index (κ3) is 12.7. The van der Waals surface area contributed by atoms with E-state index in [-0.39, 0.29) is 5.82 Å². The third-order valence-corrected chi connectivity index (χ3v) is 1.80. The van der Waals surface area contributed by atoms with Crippen LogP contribution in [0.3, 0.4) is 0 Å². The molecule has 0 saturated carbocycles. The minimum Gasteiger partial charge on any atom is -0.463 e. The predicted octanol–water partition coefficient (Wildman–Crippen LogP) is 4.24. The molecule has 1 aromatic carbocycles. The minimum absolute atomic E-state index is 0.116. The fraction of sp³-hybridized carbons (Fsp3) is 0.500. The molecule has 0 amide bonds. The van der Waals surface area contributed by atoms with Gasteiger partial charge in [-0.15, -0.1) is 0 Å². The molecule has 0 unspecified atom stereocenters. The van der Waals surface area contributed by atoms with E-state index in [4.69, 9.17) is 0 Å². The van der Waals surface area contributed by atoms with Gasteiger partial charge in [0.05, 0.1) is 7.11 Å². The second kappa shape index (κ2) is 15.3. The quantitative estimate of drug-likeness (QED) is 0.573. The summed E-state index contributed by atoms with van der Waals surface area (Å²) in [5.74, 6) is -1.47. The highest BCUT2D eigenvalue weighted by molar-refractivity contribution is 6.32. The number of hydrogen-bond acceptors (Lipinski definition) is 3. The average molecular weight is 286 g/mol. The maximum atomic E-state index is 12.6. The van der Waals surface area contributed by atoms with Crippen molar-refractivity contribution in [2.45, 2.75) is 48.5 Å². The summed E-state index contributed by atoms with van der Waals surface area (Å²) in [6.45, 7) is 12.8. The monoisotopic (exact) mass is 286 g/mol. The number of ketones is 1. The van der Waals surface area contributed by atoms with Crippen LogP contribution in [0.4, 0.5) is 4.39 Å². The van der Waals surface area contributed by atoms with E-state index in [0.717, 1.165) is 12.5 Å². The summed E-state index contributed by atoms with van der Waals surface area (Å²) in [7, 11) is 1.17. The van der Waals surface area contributed by atoms with Gasteiger partial charge in [0.15, 0.2) is 0 Å². The van der Waals surface area contributed by atoms with Crippen LogP contribution >= 0.6 is 0 Å². The molecule has 3 nitrogen and oxygen atoms in total. The van der Waals surface area contributed by atoms with E-state index >= 15 is 0 Å². The smallest absolute Gasteiger partial charge is 0.374 e. The molecule has 0 heterocycles. The van der Waals surface area contributed by atoms with Crippen LogP contribution in [-0.4, -0.2) is 18.9 Å². The average Bonchev–Trinajstić information content (AvgIpc) is 2.47. The van der Waals surface area contributed by atoms with Crippen molar-refractivity contribution in [3.63, 3.8) is 0 Å². The van der Waals surface area contributed by atoms with Gasteiger partial charge in [0, 0.05) is 6.92 Å². The van der Waals surface area contributed by atoms with Crippen molar-refractivity contribution >= 4 is 11.8 Å². The molecule has 0 aromatic heterocycles. The first kappa shape index (κ1) is 23.4. The molecular formula is C16H27FO3. The Morgan fingerprint density at radius 2 is 1.50 bits per heavy atom. The number of methoxy groups -OCH3 is 1. The second-order valence-electron chi connectivity index (χ2n) is 3.30.